The number of rotatable bonds is 2. The van der Waals surface area contributed by atoms with E-state index in [1.54, 1.807) is 6.92 Å². The summed E-state index contributed by atoms with van der Waals surface area (Å²) in [5.41, 5.74) is 10.8. The fourth-order valence-corrected chi connectivity index (χ4v) is 4.84. The van der Waals surface area contributed by atoms with Crippen LogP contribution < -0.4 is 16.0 Å². The van der Waals surface area contributed by atoms with E-state index in [0.29, 0.717) is 23.7 Å². The average molecular weight is 431 g/mol. The van der Waals surface area contributed by atoms with Gasteiger partial charge >= 0.3 is 0 Å². The molecule has 0 saturated heterocycles. The number of benzene rings is 1. The van der Waals surface area contributed by atoms with Gasteiger partial charge in [0.1, 0.15) is 11.9 Å². The number of carbonyl (C=O) groups excluding carboxylic acids is 1. The van der Waals surface area contributed by atoms with Crippen LogP contribution in [-0.2, 0) is 11.2 Å². The fraction of sp³-hybridized carbons (Fsp3) is 0.440. The van der Waals surface area contributed by atoms with Gasteiger partial charge in [0.05, 0.1) is 12.4 Å². The Balaban J connectivity index is 0.000000230. The molecule has 2 atom stereocenters. The van der Waals surface area contributed by atoms with Crippen LogP contribution in [0.5, 0.6) is 0 Å². The van der Waals surface area contributed by atoms with Gasteiger partial charge in [-0.1, -0.05) is 19.1 Å². The maximum absolute atomic E-state index is 12.3. The number of anilines is 2. The number of hydrogen-bond donors (Lipinski definition) is 2. The van der Waals surface area contributed by atoms with Crippen LogP contribution in [0, 0.1) is 23.2 Å². The van der Waals surface area contributed by atoms with Crippen molar-refractivity contribution in [3.05, 3.63) is 53.5 Å². The topological polar surface area (TPSA) is 108 Å². The second kappa shape index (κ2) is 9.49. The van der Waals surface area contributed by atoms with E-state index >= 15 is 0 Å². The molecule has 1 aromatic carbocycles. The lowest BCUT2D eigenvalue weighted by Gasteiger charge is -2.41. The summed E-state index contributed by atoms with van der Waals surface area (Å²) < 4.78 is 0. The summed E-state index contributed by atoms with van der Waals surface area (Å²) in [5, 5.41) is 11.6. The molecule has 3 heterocycles. The zero-order chi connectivity index (χ0) is 22.7. The van der Waals surface area contributed by atoms with Crippen molar-refractivity contribution in [1.29, 1.82) is 5.26 Å². The Morgan fingerprint density at radius 2 is 2.09 bits per heavy atom. The lowest BCUT2D eigenvalue weighted by Crippen LogP contribution is -2.48. The van der Waals surface area contributed by atoms with Gasteiger partial charge in [0, 0.05) is 25.2 Å². The number of aromatic nitrogens is 2. The first-order chi connectivity index (χ1) is 15.5. The Labute approximate surface area is 189 Å². The third kappa shape index (κ3) is 4.81. The van der Waals surface area contributed by atoms with Gasteiger partial charge in [-0.2, -0.15) is 5.26 Å². The highest BCUT2D eigenvalue weighted by molar-refractivity contribution is 5.94. The van der Waals surface area contributed by atoms with Gasteiger partial charge in [0.2, 0.25) is 5.91 Å². The molecule has 5 rings (SSSR count). The highest BCUT2D eigenvalue weighted by atomic mass is 16.2. The van der Waals surface area contributed by atoms with E-state index in [-0.39, 0.29) is 11.6 Å². The van der Waals surface area contributed by atoms with Gasteiger partial charge in [-0.15, -0.1) is 0 Å². The molecule has 7 nitrogen and oxygen atoms in total. The second-order valence-corrected chi connectivity index (χ2v) is 8.86. The highest BCUT2D eigenvalue weighted by Gasteiger charge is 2.43. The van der Waals surface area contributed by atoms with Crippen LogP contribution in [0.3, 0.4) is 0 Å². The first-order valence-electron chi connectivity index (χ1n) is 11.3. The number of nitrogens with two attached hydrogens (primary N) is 1. The summed E-state index contributed by atoms with van der Waals surface area (Å²) in [6.07, 6.45) is 9.73. The van der Waals surface area contributed by atoms with Crippen LogP contribution in [0.4, 0.5) is 11.5 Å². The third-order valence-corrected chi connectivity index (χ3v) is 6.43. The summed E-state index contributed by atoms with van der Waals surface area (Å²) >= 11 is 0. The second-order valence-electron chi connectivity index (χ2n) is 8.86. The Morgan fingerprint density at radius 3 is 2.69 bits per heavy atom. The Bertz CT molecular complexity index is 1050. The van der Waals surface area contributed by atoms with Crippen LogP contribution in [0.1, 0.15) is 49.9 Å². The van der Waals surface area contributed by atoms with E-state index in [1.165, 1.54) is 41.9 Å². The summed E-state index contributed by atoms with van der Waals surface area (Å²) in [4.78, 5) is 21.7. The zero-order valence-corrected chi connectivity index (χ0v) is 18.7. The van der Waals surface area contributed by atoms with Gasteiger partial charge in [0.15, 0.2) is 5.69 Å². The predicted octanol–water partition coefficient (Wildman–Crippen LogP) is 3.32. The van der Waals surface area contributed by atoms with Crippen molar-refractivity contribution in [2.75, 3.05) is 23.7 Å². The van der Waals surface area contributed by atoms with Gasteiger partial charge < -0.3 is 16.0 Å². The van der Waals surface area contributed by atoms with Crippen molar-refractivity contribution in [3.8, 4) is 6.07 Å². The number of amides is 1. The quantitative estimate of drug-likeness (QED) is 0.757. The van der Waals surface area contributed by atoms with E-state index in [4.69, 9.17) is 11.0 Å². The molecular weight excluding hydrogens is 400 g/mol. The van der Waals surface area contributed by atoms with Crippen LogP contribution in [0.2, 0.25) is 0 Å². The Kier molecular flexibility index (Phi) is 6.52. The molecule has 1 unspecified atom stereocenters. The Morgan fingerprint density at radius 1 is 1.28 bits per heavy atom. The molecule has 3 N–H and O–H groups in total. The monoisotopic (exact) mass is 430 g/mol. The van der Waals surface area contributed by atoms with Crippen molar-refractivity contribution >= 4 is 23.0 Å². The van der Waals surface area contributed by atoms with Crippen LogP contribution >= 0.6 is 0 Å². The van der Waals surface area contributed by atoms with E-state index in [2.05, 4.69) is 51.4 Å². The van der Waals surface area contributed by atoms with E-state index in [0.717, 1.165) is 31.6 Å². The molecule has 0 bridgehead atoms. The summed E-state index contributed by atoms with van der Waals surface area (Å²) in [7, 11) is 0. The molecule has 0 radical (unpaired) electrons. The molecule has 32 heavy (non-hydrogen) atoms. The SMILES string of the molecule is CC(=O)N1c2ccc(C3=CCNCC3)cc2CC(C)[C@@H]1C1CC1.N#Cc1cnc(N)cn1. The maximum atomic E-state index is 12.3. The number of hydrogen-bond acceptors (Lipinski definition) is 6. The molecule has 1 aromatic heterocycles. The number of carbonyl (C=O) groups is 1. The zero-order valence-electron chi connectivity index (χ0n) is 18.7. The van der Waals surface area contributed by atoms with Gasteiger partial charge in [-0.3, -0.25) is 4.79 Å². The Hall–Kier alpha value is -3.24. The molecule has 0 spiro atoms. The van der Waals surface area contributed by atoms with Crippen LogP contribution in [0.15, 0.2) is 36.7 Å². The molecule has 3 aliphatic rings. The van der Waals surface area contributed by atoms with Gasteiger partial charge in [-0.05, 0) is 72.9 Å². The average Bonchev–Trinajstić information content (AvgIpc) is 3.64. The summed E-state index contributed by atoms with van der Waals surface area (Å²) in [5.74, 6) is 1.79. The number of fused-ring (bicyclic) bond motifs is 1. The minimum Gasteiger partial charge on any atom is -0.382 e. The van der Waals surface area contributed by atoms with E-state index in [1.807, 2.05) is 6.07 Å². The molecule has 2 aromatic rings. The normalized spacial score (nSPS) is 22.0. The first-order valence-corrected chi connectivity index (χ1v) is 11.3. The fourth-order valence-electron chi connectivity index (χ4n) is 4.84. The molecule has 166 valence electrons. The molecule has 1 aliphatic carbocycles. The van der Waals surface area contributed by atoms with E-state index in [9.17, 15) is 4.79 Å². The minimum absolute atomic E-state index is 0.198. The third-order valence-electron chi connectivity index (χ3n) is 6.43. The van der Waals surface area contributed by atoms with Crippen molar-refractivity contribution < 1.29 is 4.79 Å². The van der Waals surface area contributed by atoms with Crippen molar-refractivity contribution in [2.24, 2.45) is 11.8 Å². The van der Waals surface area contributed by atoms with Crippen molar-refractivity contribution in [3.63, 3.8) is 0 Å². The lowest BCUT2D eigenvalue weighted by molar-refractivity contribution is -0.117. The molecule has 7 heteroatoms. The maximum Gasteiger partial charge on any atom is 0.224 e. The van der Waals surface area contributed by atoms with Crippen molar-refractivity contribution in [2.45, 2.75) is 45.6 Å². The highest BCUT2D eigenvalue weighted by Crippen LogP contribution is 2.45. The van der Waals surface area contributed by atoms with Crippen LogP contribution in [0.25, 0.3) is 5.57 Å². The van der Waals surface area contributed by atoms with E-state index < -0.39 is 0 Å². The molecular formula is C25H30N6O. The minimum atomic E-state index is 0.198. The molecule has 1 amide bonds. The number of nitrogens with zero attached hydrogens (tertiary/aromatic N) is 4. The predicted molar refractivity (Wildman–Crippen MR) is 126 cm³/mol. The number of nitriles is 1. The first kappa shape index (κ1) is 22.0. The summed E-state index contributed by atoms with van der Waals surface area (Å²) in [6.45, 7) is 6.06. The largest absolute Gasteiger partial charge is 0.382 e. The molecule has 1 saturated carbocycles. The standard InChI is InChI=1S/C20H26N2O.C5H4N4/c1-13-11-18-12-17(15-7-9-21-10-8-15)5-6-19(18)22(14(2)23)20(13)16-3-4-16;6-1-4-2-9-5(7)3-8-4/h5-7,12-13,16,20-21H,3-4,8-11H2,1-2H3;2-3H,(H2,7,9)/t13?,20-;/m1./s1. The number of nitrogen functional groups attached to an aromatic ring is 1. The smallest absolute Gasteiger partial charge is 0.224 e. The van der Waals surface area contributed by atoms with Crippen molar-refractivity contribution in [1.82, 2.24) is 15.3 Å². The summed E-state index contributed by atoms with van der Waals surface area (Å²) in [6, 6.07) is 8.97. The lowest BCUT2D eigenvalue weighted by atomic mass is 9.83. The molecule has 2 aliphatic heterocycles. The molecule has 1 fully saturated rings. The van der Waals surface area contributed by atoms with Gasteiger partial charge in [-0.25, -0.2) is 9.97 Å². The number of nitrogens with one attached hydrogen (secondary N) is 1. The van der Waals surface area contributed by atoms with Gasteiger partial charge in [0.25, 0.3) is 0 Å². The van der Waals surface area contributed by atoms with Crippen LogP contribution in [-0.4, -0.2) is 35.0 Å².